The van der Waals surface area contributed by atoms with E-state index < -0.39 is 18.3 Å². The third-order valence-electron chi connectivity index (χ3n) is 7.12. The summed E-state index contributed by atoms with van der Waals surface area (Å²) in [6.45, 7) is 0.718. The third-order valence-corrected chi connectivity index (χ3v) is 8.34. The number of halogens is 3. The van der Waals surface area contributed by atoms with E-state index in [2.05, 4.69) is 4.98 Å². The predicted molar refractivity (Wildman–Crippen MR) is 127 cm³/mol. The molecule has 5 heterocycles. The van der Waals surface area contributed by atoms with Gasteiger partial charge in [-0.3, -0.25) is 9.36 Å². The first-order chi connectivity index (χ1) is 16.8. The number of hydrogen-bond acceptors (Lipinski definition) is 7. The van der Waals surface area contributed by atoms with E-state index in [9.17, 15) is 23.1 Å². The van der Waals surface area contributed by atoms with Crippen LogP contribution in [-0.2, 0) is 11.3 Å². The van der Waals surface area contributed by atoms with Gasteiger partial charge < -0.3 is 19.6 Å². The molecule has 3 aliphatic rings. The Hall–Kier alpha value is -2.63. The fourth-order valence-corrected chi connectivity index (χ4v) is 6.46. The van der Waals surface area contributed by atoms with E-state index >= 15 is 0 Å². The van der Waals surface area contributed by atoms with Gasteiger partial charge in [0.2, 0.25) is 5.95 Å². The Labute approximate surface area is 203 Å². The number of benzene rings is 1. The molecule has 186 valence electrons. The molecule has 0 radical (unpaired) electrons. The van der Waals surface area contributed by atoms with Gasteiger partial charge in [0.15, 0.2) is 0 Å². The number of fused-ring (bicyclic) bond motifs is 4. The fraction of sp³-hybridized carbons (Fsp3) is 0.500. The van der Waals surface area contributed by atoms with Crippen molar-refractivity contribution in [3.63, 3.8) is 0 Å². The first-order valence-electron chi connectivity index (χ1n) is 11.8. The van der Waals surface area contributed by atoms with E-state index in [0.29, 0.717) is 23.8 Å². The average molecular weight is 507 g/mol. The lowest BCUT2D eigenvalue weighted by atomic mass is 10.1. The second-order valence-electron chi connectivity index (χ2n) is 9.47. The Morgan fingerprint density at radius 3 is 2.60 bits per heavy atom. The van der Waals surface area contributed by atoms with Crippen molar-refractivity contribution >= 4 is 33.2 Å². The summed E-state index contributed by atoms with van der Waals surface area (Å²) in [6, 6.07) is 8.94. The van der Waals surface area contributed by atoms with Crippen LogP contribution in [0.3, 0.4) is 0 Å². The summed E-state index contributed by atoms with van der Waals surface area (Å²) in [5.74, 6) is 0.325. The molecule has 2 bridgehead atoms. The average Bonchev–Trinajstić information content (AvgIpc) is 3.41. The minimum absolute atomic E-state index is 0.0416. The number of aliphatic hydroxyl groups is 1. The summed E-state index contributed by atoms with van der Waals surface area (Å²) in [4.78, 5) is 21.1. The zero-order valence-corrected chi connectivity index (χ0v) is 19.6. The second kappa shape index (κ2) is 8.49. The molecule has 0 aliphatic carbocycles. The molecule has 3 aromatic rings. The summed E-state index contributed by atoms with van der Waals surface area (Å²) >= 11 is 1.35. The first-order valence-corrected chi connectivity index (χ1v) is 12.6. The number of aliphatic hydroxyl groups excluding tert-OH is 1. The van der Waals surface area contributed by atoms with Crippen molar-refractivity contribution < 1.29 is 23.0 Å². The van der Waals surface area contributed by atoms with Gasteiger partial charge in [-0.2, -0.15) is 18.2 Å². The Kier molecular flexibility index (Phi) is 5.53. The third kappa shape index (κ3) is 4.19. The van der Waals surface area contributed by atoms with Crippen molar-refractivity contribution in [2.45, 2.75) is 56.3 Å². The number of morpholine rings is 1. The molecule has 4 atom stereocenters. The second-order valence-corrected chi connectivity index (χ2v) is 10.6. The van der Waals surface area contributed by atoms with E-state index in [0.717, 1.165) is 27.8 Å². The van der Waals surface area contributed by atoms with E-state index in [1.54, 1.807) is 6.07 Å². The van der Waals surface area contributed by atoms with Gasteiger partial charge in [-0.1, -0.05) is 18.2 Å². The highest BCUT2D eigenvalue weighted by Crippen LogP contribution is 2.38. The molecule has 0 amide bonds. The molecule has 3 unspecified atom stereocenters. The zero-order chi connectivity index (χ0) is 24.3. The van der Waals surface area contributed by atoms with Gasteiger partial charge >= 0.3 is 6.18 Å². The lowest BCUT2D eigenvalue weighted by Gasteiger charge is -2.40. The molecule has 6 rings (SSSR count). The Bertz CT molecular complexity index is 1260. The zero-order valence-electron chi connectivity index (χ0n) is 18.8. The van der Waals surface area contributed by atoms with E-state index in [4.69, 9.17) is 4.74 Å². The van der Waals surface area contributed by atoms with E-state index in [1.807, 2.05) is 29.2 Å². The number of thiophene rings is 1. The van der Waals surface area contributed by atoms with Gasteiger partial charge in [0.25, 0.3) is 5.56 Å². The van der Waals surface area contributed by atoms with Gasteiger partial charge in [-0.15, -0.1) is 11.3 Å². The van der Waals surface area contributed by atoms with Crippen LogP contribution in [0.25, 0.3) is 10.1 Å². The highest BCUT2D eigenvalue weighted by molar-refractivity contribution is 7.19. The number of ether oxygens (including phenoxy) is 1. The molecule has 2 fully saturated rings. The first kappa shape index (κ1) is 22.8. The molecule has 3 aliphatic heterocycles. The van der Waals surface area contributed by atoms with Crippen molar-refractivity contribution in [2.75, 3.05) is 29.4 Å². The van der Waals surface area contributed by atoms with Gasteiger partial charge in [0.1, 0.15) is 18.0 Å². The number of nitrogens with zero attached hydrogens (tertiary/aromatic N) is 4. The number of rotatable bonds is 4. The lowest BCUT2D eigenvalue weighted by molar-refractivity contribution is -0.153. The van der Waals surface area contributed by atoms with E-state index in [1.165, 1.54) is 22.0 Å². The topological polar surface area (TPSA) is 70.8 Å². The Morgan fingerprint density at radius 2 is 1.89 bits per heavy atom. The summed E-state index contributed by atoms with van der Waals surface area (Å²) < 4.78 is 50.4. The summed E-state index contributed by atoms with van der Waals surface area (Å²) in [6.07, 6.45) is -4.03. The molecule has 7 nitrogen and oxygen atoms in total. The molecular formula is C24H25F3N4O3S. The van der Waals surface area contributed by atoms with Crippen LogP contribution in [-0.4, -0.2) is 58.7 Å². The standard InChI is InChI=1S/C24H25F3N4O3S/c25-24(26,27)20-7-8-30-22(33)10-21(29-11-15-5-6-16(12-29)34-15)28-23(30)31(20)13-17(32)19-9-14-3-1-2-4-18(14)35-19/h1-4,9-10,15-17,20,32H,5-8,11-13H2/t15?,16?,17?,20-/m0/s1. The minimum Gasteiger partial charge on any atom is -0.386 e. The van der Waals surface area contributed by atoms with Crippen LogP contribution in [0.2, 0.25) is 0 Å². The van der Waals surface area contributed by atoms with Crippen LogP contribution >= 0.6 is 11.3 Å². The largest absolute Gasteiger partial charge is 0.408 e. The predicted octanol–water partition coefficient (Wildman–Crippen LogP) is 3.70. The highest BCUT2D eigenvalue weighted by Gasteiger charge is 2.47. The van der Waals surface area contributed by atoms with Crippen molar-refractivity contribution in [1.82, 2.24) is 9.55 Å². The number of alkyl halides is 3. The van der Waals surface area contributed by atoms with Gasteiger partial charge in [-0.25, -0.2) is 0 Å². The highest BCUT2D eigenvalue weighted by atomic mass is 32.1. The number of anilines is 2. The van der Waals surface area contributed by atoms with Crippen LogP contribution in [0.15, 0.2) is 41.2 Å². The number of β-amino-alcohol motifs (C(OH)–C–C–N with tert-alkyl or cyclic N) is 1. The normalized spacial score (nSPS) is 25.2. The number of aromatic nitrogens is 2. The van der Waals surface area contributed by atoms with Crippen LogP contribution in [0.5, 0.6) is 0 Å². The summed E-state index contributed by atoms with van der Waals surface area (Å²) in [5, 5.41) is 11.9. The molecule has 1 aromatic carbocycles. The smallest absolute Gasteiger partial charge is 0.386 e. The summed E-state index contributed by atoms with van der Waals surface area (Å²) in [5.41, 5.74) is -0.384. The van der Waals surface area contributed by atoms with Crippen LogP contribution in [0.4, 0.5) is 24.9 Å². The van der Waals surface area contributed by atoms with Crippen molar-refractivity contribution in [1.29, 1.82) is 0 Å². The maximum absolute atomic E-state index is 14.1. The SMILES string of the molecule is O=c1cc(N2CC3CCC(C2)O3)nc2n1CC[C@@H](C(F)(F)F)N2CC(O)c1cc2ccccc2s1. The molecule has 11 heteroatoms. The monoisotopic (exact) mass is 506 g/mol. The molecule has 2 aromatic heterocycles. The molecule has 2 saturated heterocycles. The number of hydrogen-bond donors (Lipinski definition) is 1. The Morgan fingerprint density at radius 1 is 1.14 bits per heavy atom. The minimum atomic E-state index is -4.53. The van der Waals surface area contributed by atoms with Crippen molar-refractivity contribution in [3.8, 4) is 0 Å². The van der Waals surface area contributed by atoms with Gasteiger partial charge in [0.05, 0.1) is 18.8 Å². The maximum Gasteiger partial charge on any atom is 0.408 e. The summed E-state index contributed by atoms with van der Waals surface area (Å²) in [7, 11) is 0. The quantitative estimate of drug-likeness (QED) is 0.582. The molecule has 0 spiro atoms. The fourth-order valence-electron chi connectivity index (χ4n) is 5.41. The van der Waals surface area contributed by atoms with Crippen molar-refractivity contribution in [3.05, 3.63) is 51.6 Å². The molecule has 1 N–H and O–H groups in total. The lowest BCUT2D eigenvalue weighted by Crippen LogP contribution is -2.54. The maximum atomic E-state index is 14.1. The van der Waals surface area contributed by atoms with E-state index in [-0.39, 0.29) is 43.2 Å². The molecular weight excluding hydrogens is 481 g/mol. The van der Waals surface area contributed by atoms with Gasteiger partial charge in [-0.05, 0) is 36.8 Å². The van der Waals surface area contributed by atoms with Crippen molar-refractivity contribution in [2.24, 2.45) is 0 Å². The van der Waals surface area contributed by atoms with Crippen LogP contribution in [0.1, 0.15) is 30.2 Å². The van der Waals surface area contributed by atoms with Crippen LogP contribution in [0, 0.1) is 0 Å². The molecule has 0 saturated carbocycles. The van der Waals surface area contributed by atoms with Gasteiger partial charge in [0, 0.05) is 35.3 Å². The Balaban J connectivity index is 1.37. The van der Waals surface area contributed by atoms with Crippen LogP contribution < -0.4 is 15.4 Å². The molecule has 35 heavy (non-hydrogen) atoms.